The van der Waals surface area contributed by atoms with Gasteiger partial charge in [-0.1, -0.05) is 12.1 Å². The van der Waals surface area contributed by atoms with Gasteiger partial charge in [0.1, 0.15) is 11.5 Å². The van der Waals surface area contributed by atoms with E-state index in [1.165, 1.54) is 11.8 Å². The normalized spacial score (nSPS) is 10.2. The zero-order valence-corrected chi connectivity index (χ0v) is 14.2. The van der Waals surface area contributed by atoms with Crippen molar-refractivity contribution in [3.05, 3.63) is 52.5 Å². The summed E-state index contributed by atoms with van der Waals surface area (Å²) in [5.41, 5.74) is 0.567. The van der Waals surface area contributed by atoms with Crippen molar-refractivity contribution in [2.75, 3.05) is 20.0 Å². The summed E-state index contributed by atoms with van der Waals surface area (Å²) in [7, 11) is 3.13. The number of rotatable bonds is 6. The highest BCUT2D eigenvalue weighted by Gasteiger charge is 2.14. The highest BCUT2D eigenvalue weighted by atomic mass is 79.9. The maximum Gasteiger partial charge on any atom is 0.176 e. The third-order valence-corrected chi connectivity index (χ3v) is 4.93. The van der Waals surface area contributed by atoms with Crippen molar-refractivity contribution in [3.63, 3.8) is 0 Å². The van der Waals surface area contributed by atoms with E-state index in [9.17, 15) is 4.79 Å². The van der Waals surface area contributed by atoms with E-state index in [-0.39, 0.29) is 5.78 Å². The number of hydrogen-bond donors (Lipinski definition) is 0. The summed E-state index contributed by atoms with van der Waals surface area (Å²) in [6.45, 7) is 0. The number of carbonyl (C=O) groups is 1. The Morgan fingerprint density at radius 1 is 1.14 bits per heavy atom. The van der Waals surface area contributed by atoms with Crippen LogP contribution in [-0.4, -0.2) is 25.8 Å². The average Bonchev–Trinajstić information content (AvgIpc) is 2.53. The SMILES string of the molecule is COc1ccc(C(=O)CSc2ccccc2Br)c(OC)c1. The maximum absolute atomic E-state index is 12.4. The van der Waals surface area contributed by atoms with Gasteiger partial charge in [0.2, 0.25) is 0 Å². The molecular formula is C16H15BrO3S. The molecule has 0 aliphatic rings. The Hall–Kier alpha value is -1.46. The van der Waals surface area contributed by atoms with Crippen molar-refractivity contribution in [3.8, 4) is 11.5 Å². The lowest BCUT2D eigenvalue weighted by Gasteiger charge is -2.10. The van der Waals surface area contributed by atoms with Crippen LogP contribution in [0.25, 0.3) is 0 Å². The predicted molar refractivity (Wildman–Crippen MR) is 88.7 cm³/mol. The van der Waals surface area contributed by atoms with Gasteiger partial charge in [-0.25, -0.2) is 0 Å². The number of methoxy groups -OCH3 is 2. The monoisotopic (exact) mass is 366 g/mol. The number of ketones is 1. The van der Waals surface area contributed by atoms with Crippen molar-refractivity contribution in [2.24, 2.45) is 0 Å². The van der Waals surface area contributed by atoms with E-state index < -0.39 is 0 Å². The summed E-state index contributed by atoms with van der Waals surface area (Å²) in [5.74, 6) is 1.58. The summed E-state index contributed by atoms with van der Waals surface area (Å²) in [6.07, 6.45) is 0. The molecule has 110 valence electrons. The summed E-state index contributed by atoms with van der Waals surface area (Å²) in [4.78, 5) is 13.4. The minimum atomic E-state index is 0.0234. The molecule has 0 radical (unpaired) electrons. The number of hydrogen-bond acceptors (Lipinski definition) is 4. The van der Waals surface area contributed by atoms with E-state index in [1.807, 2.05) is 24.3 Å². The van der Waals surface area contributed by atoms with Crippen LogP contribution in [0.15, 0.2) is 51.8 Å². The molecule has 2 rings (SSSR count). The van der Waals surface area contributed by atoms with Crippen LogP contribution in [0.4, 0.5) is 0 Å². The molecule has 0 unspecified atom stereocenters. The number of Topliss-reactive ketones (excluding diaryl/α,β-unsaturated/α-hetero) is 1. The number of benzene rings is 2. The van der Waals surface area contributed by atoms with Crippen molar-refractivity contribution in [2.45, 2.75) is 4.90 Å². The van der Waals surface area contributed by atoms with E-state index in [4.69, 9.17) is 9.47 Å². The molecule has 0 aliphatic carbocycles. The molecule has 3 nitrogen and oxygen atoms in total. The minimum absolute atomic E-state index is 0.0234. The van der Waals surface area contributed by atoms with E-state index in [0.717, 1.165) is 9.37 Å². The highest BCUT2D eigenvalue weighted by molar-refractivity contribution is 9.10. The first-order valence-electron chi connectivity index (χ1n) is 6.28. The second kappa shape index (κ2) is 7.52. The standard InChI is InChI=1S/C16H15BrO3S/c1-19-11-7-8-12(15(9-11)20-2)14(18)10-21-16-6-4-3-5-13(16)17/h3-9H,10H2,1-2H3. The minimum Gasteiger partial charge on any atom is -0.497 e. The molecule has 0 aromatic heterocycles. The van der Waals surface area contributed by atoms with Gasteiger partial charge in [0.05, 0.1) is 25.5 Å². The summed E-state index contributed by atoms with van der Waals surface area (Å²) < 4.78 is 11.4. The molecule has 2 aromatic carbocycles. The van der Waals surface area contributed by atoms with Gasteiger partial charge in [-0.2, -0.15) is 0 Å². The first kappa shape index (κ1) is 15.9. The van der Waals surface area contributed by atoms with Gasteiger partial charge in [0.25, 0.3) is 0 Å². The average molecular weight is 367 g/mol. The lowest BCUT2D eigenvalue weighted by Crippen LogP contribution is -2.05. The lowest BCUT2D eigenvalue weighted by atomic mass is 10.1. The van der Waals surface area contributed by atoms with Gasteiger partial charge in [-0.3, -0.25) is 4.79 Å². The van der Waals surface area contributed by atoms with Gasteiger partial charge < -0.3 is 9.47 Å². The number of halogens is 1. The summed E-state index contributed by atoms with van der Waals surface area (Å²) in [5, 5.41) is 0. The highest BCUT2D eigenvalue weighted by Crippen LogP contribution is 2.30. The topological polar surface area (TPSA) is 35.5 Å². The molecule has 0 saturated carbocycles. The third-order valence-electron chi connectivity index (χ3n) is 2.90. The van der Waals surface area contributed by atoms with Gasteiger partial charge >= 0.3 is 0 Å². The molecule has 0 N–H and O–H groups in total. The van der Waals surface area contributed by atoms with Gasteiger partial charge in [0.15, 0.2) is 5.78 Å². The third kappa shape index (κ3) is 4.02. The second-order valence-electron chi connectivity index (χ2n) is 4.21. The molecule has 0 saturated heterocycles. The molecule has 21 heavy (non-hydrogen) atoms. The number of thioether (sulfide) groups is 1. The number of ether oxygens (including phenoxy) is 2. The van der Waals surface area contributed by atoms with E-state index in [1.54, 1.807) is 32.4 Å². The zero-order valence-electron chi connectivity index (χ0n) is 11.8. The zero-order chi connectivity index (χ0) is 15.2. The number of carbonyl (C=O) groups excluding carboxylic acids is 1. The Labute approximate surface area is 136 Å². The molecule has 0 bridgehead atoms. The Bertz CT molecular complexity index is 643. The van der Waals surface area contributed by atoms with Crippen LogP contribution < -0.4 is 9.47 Å². The molecule has 0 spiro atoms. The largest absolute Gasteiger partial charge is 0.497 e. The lowest BCUT2D eigenvalue weighted by molar-refractivity contribution is 0.101. The van der Waals surface area contributed by atoms with Gasteiger partial charge in [-0.05, 0) is 40.2 Å². The molecule has 2 aromatic rings. The quantitative estimate of drug-likeness (QED) is 0.559. The Balaban J connectivity index is 2.12. The van der Waals surface area contributed by atoms with E-state index in [0.29, 0.717) is 22.8 Å². The smallest absolute Gasteiger partial charge is 0.176 e. The van der Waals surface area contributed by atoms with Crippen molar-refractivity contribution in [1.29, 1.82) is 0 Å². The molecule has 0 aliphatic heterocycles. The van der Waals surface area contributed by atoms with Crippen LogP contribution in [0, 0.1) is 0 Å². The van der Waals surface area contributed by atoms with Crippen LogP contribution in [0.1, 0.15) is 10.4 Å². The van der Waals surface area contributed by atoms with Crippen LogP contribution in [0.3, 0.4) is 0 Å². The summed E-state index contributed by atoms with van der Waals surface area (Å²) >= 11 is 4.97. The van der Waals surface area contributed by atoms with Crippen LogP contribution in [-0.2, 0) is 0 Å². The van der Waals surface area contributed by atoms with Crippen LogP contribution in [0.5, 0.6) is 11.5 Å². The Morgan fingerprint density at radius 3 is 2.57 bits per heavy atom. The fourth-order valence-corrected chi connectivity index (χ4v) is 3.26. The summed E-state index contributed by atoms with van der Waals surface area (Å²) in [6, 6.07) is 13.1. The molecule has 0 heterocycles. The predicted octanol–water partition coefficient (Wildman–Crippen LogP) is 4.44. The molecular weight excluding hydrogens is 352 g/mol. The molecule has 0 atom stereocenters. The maximum atomic E-state index is 12.4. The Kier molecular flexibility index (Phi) is 5.70. The second-order valence-corrected chi connectivity index (χ2v) is 6.08. The fourth-order valence-electron chi connectivity index (χ4n) is 1.81. The first-order chi connectivity index (χ1) is 10.2. The van der Waals surface area contributed by atoms with Crippen LogP contribution in [0.2, 0.25) is 0 Å². The Morgan fingerprint density at radius 2 is 1.90 bits per heavy atom. The van der Waals surface area contributed by atoms with E-state index >= 15 is 0 Å². The molecule has 0 amide bonds. The molecule has 5 heteroatoms. The van der Waals surface area contributed by atoms with Crippen molar-refractivity contribution < 1.29 is 14.3 Å². The van der Waals surface area contributed by atoms with Gasteiger partial charge in [0, 0.05) is 15.4 Å². The molecule has 0 fully saturated rings. The first-order valence-corrected chi connectivity index (χ1v) is 8.06. The fraction of sp³-hybridized carbons (Fsp3) is 0.188. The van der Waals surface area contributed by atoms with Crippen molar-refractivity contribution >= 4 is 33.5 Å². The van der Waals surface area contributed by atoms with E-state index in [2.05, 4.69) is 15.9 Å². The van der Waals surface area contributed by atoms with Gasteiger partial charge in [-0.15, -0.1) is 11.8 Å². The van der Waals surface area contributed by atoms with Crippen molar-refractivity contribution in [1.82, 2.24) is 0 Å². The van der Waals surface area contributed by atoms with Crippen LogP contribution >= 0.6 is 27.7 Å².